The van der Waals surface area contributed by atoms with E-state index >= 15 is 0 Å². The molecule has 0 amide bonds. The van der Waals surface area contributed by atoms with Gasteiger partial charge < -0.3 is 14.6 Å². The first-order chi connectivity index (χ1) is 13.2. The first-order valence-corrected chi connectivity index (χ1v) is 9.77. The van der Waals surface area contributed by atoms with E-state index in [9.17, 15) is 5.11 Å². The zero-order valence-electron chi connectivity index (χ0n) is 15.6. The summed E-state index contributed by atoms with van der Waals surface area (Å²) in [5, 5.41) is 11.0. The normalized spacial score (nSPS) is 22.2. The van der Waals surface area contributed by atoms with Gasteiger partial charge in [-0.25, -0.2) is 0 Å². The van der Waals surface area contributed by atoms with Crippen LogP contribution in [-0.4, -0.2) is 28.7 Å². The zero-order valence-corrected chi connectivity index (χ0v) is 15.6. The molecule has 1 fully saturated rings. The van der Waals surface area contributed by atoms with Crippen molar-refractivity contribution in [1.29, 1.82) is 0 Å². The Balaban J connectivity index is 1.29. The second-order valence-electron chi connectivity index (χ2n) is 7.56. The predicted molar refractivity (Wildman–Crippen MR) is 105 cm³/mol. The SMILES string of the molecule is OC1(C2=COC(CC3=CC=CCC3)=CO2)CCN(Cc2ccccc2)CC1. The minimum atomic E-state index is -0.942. The summed E-state index contributed by atoms with van der Waals surface area (Å²) in [7, 11) is 0. The fourth-order valence-corrected chi connectivity index (χ4v) is 3.81. The van der Waals surface area contributed by atoms with Gasteiger partial charge in [0.05, 0.1) is 0 Å². The summed E-state index contributed by atoms with van der Waals surface area (Å²) in [5.41, 5.74) is 1.71. The third-order valence-corrected chi connectivity index (χ3v) is 5.53. The molecule has 27 heavy (non-hydrogen) atoms. The van der Waals surface area contributed by atoms with Crippen molar-refractivity contribution in [2.24, 2.45) is 0 Å². The molecule has 0 aromatic heterocycles. The summed E-state index contributed by atoms with van der Waals surface area (Å²) in [6, 6.07) is 10.5. The smallest absolute Gasteiger partial charge is 0.170 e. The number of hydrogen-bond donors (Lipinski definition) is 1. The van der Waals surface area contributed by atoms with Crippen LogP contribution in [0.4, 0.5) is 0 Å². The summed E-state index contributed by atoms with van der Waals surface area (Å²) in [6.45, 7) is 2.59. The second-order valence-corrected chi connectivity index (χ2v) is 7.56. The number of likely N-dealkylation sites (tertiary alicyclic amines) is 1. The molecular formula is C23H27NO3. The van der Waals surface area contributed by atoms with Crippen LogP contribution in [-0.2, 0) is 16.0 Å². The summed E-state index contributed by atoms with van der Waals surface area (Å²) in [6.07, 6.45) is 13.9. The fraction of sp³-hybridized carbons (Fsp3) is 0.391. The van der Waals surface area contributed by atoms with E-state index < -0.39 is 5.60 Å². The highest BCUT2D eigenvalue weighted by Gasteiger charge is 2.38. The summed E-state index contributed by atoms with van der Waals surface area (Å²) >= 11 is 0. The monoisotopic (exact) mass is 365 g/mol. The third-order valence-electron chi connectivity index (χ3n) is 5.53. The van der Waals surface area contributed by atoms with Gasteiger partial charge in [-0.15, -0.1) is 0 Å². The number of aliphatic hydroxyl groups is 1. The van der Waals surface area contributed by atoms with Crippen LogP contribution >= 0.6 is 0 Å². The molecule has 3 aliphatic rings. The maximum absolute atomic E-state index is 11.0. The molecule has 2 heterocycles. The highest BCUT2D eigenvalue weighted by Crippen LogP contribution is 2.34. The molecule has 0 bridgehead atoms. The molecule has 4 heteroatoms. The van der Waals surface area contributed by atoms with E-state index in [1.54, 1.807) is 12.5 Å². The molecule has 4 rings (SSSR count). The standard InChI is InChI=1S/C23H27NO3/c25-23(11-13-24(14-12-23)16-20-9-5-2-6-10-20)22-18-26-21(17-27-22)15-19-7-3-1-4-8-19/h1-3,5-7,9-10,17-18,25H,4,8,11-16H2. The Morgan fingerprint density at radius 1 is 1.04 bits per heavy atom. The van der Waals surface area contributed by atoms with Crippen molar-refractivity contribution in [2.45, 2.75) is 44.2 Å². The van der Waals surface area contributed by atoms with Crippen LogP contribution in [0.15, 0.2) is 78.2 Å². The van der Waals surface area contributed by atoms with Crippen molar-refractivity contribution in [3.05, 3.63) is 83.7 Å². The maximum atomic E-state index is 11.0. The van der Waals surface area contributed by atoms with E-state index in [2.05, 4.69) is 47.4 Å². The van der Waals surface area contributed by atoms with Gasteiger partial charge in [-0.2, -0.15) is 0 Å². The van der Waals surface area contributed by atoms with E-state index in [1.165, 1.54) is 11.1 Å². The lowest BCUT2D eigenvalue weighted by atomic mass is 9.89. The van der Waals surface area contributed by atoms with E-state index in [-0.39, 0.29) is 0 Å². The molecule has 1 aromatic rings. The van der Waals surface area contributed by atoms with E-state index in [0.29, 0.717) is 18.6 Å². The molecule has 1 aliphatic carbocycles. The Kier molecular flexibility index (Phi) is 5.46. The number of piperidine rings is 1. The predicted octanol–water partition coefficient (Wildman–Crippen LogP) is 4.41. The molecular weight excluding hydrogens is 338 g/mol. The van der Waals surface area contributed by atoms with Crippen molar-refractivity contribution < 1.29 is 14.6 Å². The minimum absolute atomic E-state index is 0.531. The van der Waals surface area contributed by atoms with Gasteiger partial charge in [0.1, 0.15) is 23.9 Å². The number of hydrogen-bond acceptors (Lipinski definition) is 4. The lowest BCUT2D eigenvalue weighted by Gasteiger charge is -2.39. The lowest BCUT2D eigenvalue weighted by molar-refractivity contribution is -0.0323. The van der Waals surface area contributed by atoms with Gasteiger partial charge in [-0.1, -0.05) is 54.1 Å². The van der Waals surface area contributed by atoms with Crippen LogP contribution in [0.2, 0.25) is 0 Å². The van der Waals surface area contributed by atoms with Gasteiger partial charge in [0.2, 0.25) is 0 Å². The van der Waals surface area contributed by atoms with Crippen molar-refractivity contribution in [3.8, 4) is 0 Å². The Hall–Kier alpha value is -2.30. The van der Waals surface area contributed by atoms with Crippen molar-refractivity contribution >= 4 is 0 Å². The van der Waals surface area contributed by atoms with Gasteiger partial charge in [0, 0.05) is 26.1 Å². The van der Waals surface area contributed by atoms with Crippen LogP contribution in [0.25, 0.3) is 0 Å². The molecule has 1 N–H and O–H groups in total. The summed E-state index contributed by atoms with van der Waals surface area (Å²) in [4.78, 5) is 2.37. The van der Waals surface area contributed by atoms with Crippen molar-refractivity contribution in [2.75, 3.05) is 13.1 Å². The number of benzene rings is 1. The zero-order chi connectivity index (χ0) is 18.5. The average molecular weight is 365 g/mol. The van der Waals surface area contributed by atoms with Crippen LogP contribution in [0, 0.1) is 0 Å². The van der Waals surface area contributed by atoms with Gasteiger partial charge in [0.15, 0.2) is 5.76 Å². The topological polar surface area (TPSA) is 41.9 Å². The first-order valence-electron chi connectivity index (χ1n) is 9.77. The van der Waals surface area contributed by atoms with Crippen LogP contribution in [0.3, 0.4) is 0 Å². The molecule has 2 aliphatic heterocycles. The molecule has 4 nitrogen and oxygen atoms in total. The maximum Gasteiger partial charge on any atom is 0.170 e. The number of rotatable bonds is 5. The highest BCUT2D eigenvalue weighted by atomic mass is 16.6. The molecule has 1 saturated heterocycles. The van der Waals surface area contributed by atoms with Gasteiger partial charge in [-0.05, 0) is 31.2 Å². The van der Waals surface area contributed by atoms with Gasteiger partial charge in [0.25, 0.3) is 0 Å². The molecule has 142 valence electrons. The highest BCUT2D eigenvalue weighted by molar-refractivity contribution is 5.23. The molecule has 0 atom stereocenters. The quantitative estimate of drug-likeness (QED) is 0.839. The second kappa shape index (κ2) is 8.15. The largest absolute Gasteiger partial charge is 0.462 e. The molecule has 1 aromatic carbocycles. The lowest BCUT2D eigenvalue weighted by Crippen LogP contribution is -2.45. The third kappa shape index (κ3) is 4.52. The number of ether oxygens (including phenoxy) is 2. The number of allylic oxidation sites excluding steroid dienone is 4. The van der Waals surface area contributed by atoms with Crippen LogP contribution < -0.4 is 0 Å². The van der Waals surface area contributed by atoms with Gasteiger partial charge >= 0.3 is 0 Å². The van der Waals surface area contributed by atoms with Crippen molar-refractivity contribution in [1.82, 2.24) is 4.90 Å². The molecule has 0 saturated carbocycles. The van der Waals surface area contributed by atoms with E-state index in [0.717, 1.165) is 44.7 Å². The molecule has 0 unspecified atom stereocenters. The Morgan fingerprint density at radius 2 is 1.85 bits per heavy atom. The van der Waals surface area contributed by atoms with Crippen molar-refractivity contribution in [3.63, 3.8) is 0 Å². The fourth-order valence-electron chi connectivity index (χ4n) is 3.81. The van der Waals surface area contributed by atoms with Crippen LogP contribution in [0.1, 0.15) is 37.7 Å². The summed E-state index contributed by atoms with van der Waals surface area (Å²) in [5.74, 6) is 1.33. The average Bonchev–Trinajstić information content (AvgIpc) is 2.72. The number of nitrogens with zero attached hydrogens (tertiary/aromatic N) is 1. The molecule has 0 spiro atoms. The minimum Gasteiger partial charge on any atom is -0.462 e. The molecule has 0 radical (unpaired) electrons. The first kappa shape index (κ1) is 18.1. The Morgan fingerprint density at radius 3 is 2.52 bits per heavy atom. The Bertz CT molecular complexity index is 768. The van der Waals surface area contributed by atoms with Gasteiger partial charge in [-0.3, -0.25) is 4.90 Å². The van der Waals surface area contributed by atoms with Crippen LogP contribution in [0.5, 0.6) is 0 Å². The van der Waals surface area contributed by atoms with E-state index in [4.69, 9.17) is 9.47 Å². The Labute approximate surface area is 161 Å². The summed E-state index contributed by atoms with van der Waals surface area (Å²) < 4.78 is 11.6. The van der Waals surface area contributed by atoms with E-state index in [1.807, 2.05) is 6.07 Å².